The molecule has 0 bridgehead atoms. The van der Waals surface area contributed by atoms with Gasteiger partial charge in [-0.1, -0.05) is 37.8 Å². The van der Waals surface area contributed by atoms with Crippen molar-refractivity contribution in [3.63, 3.8) is 0 Å². The molecule has 0 aliphatic rings. The van der Waals surface area contributed by atoms with Crippen molar-refractivity contribution in [1.29, 1.82) is 0 Å². The molecule has 1 aromatic carbocycles. The van der Waals surface area contributed by atoms with E-state index in [0.29, 0.717) is 32.3 Å². The summed E-state index contributed by atoms with van der Waals surface area (Å²) in [5.41, 5.74) is 7.44. The summed E-state index contributed by atoms with van der Waals surface area (Å²) in [5, 5.41) is 0. The summed E-state index contributed by atoms with van der Waals surface area (Å²) in [6, 6.07) is 8.01. The number of hydrogen-bond acceptors (Lipinski definition) is 3. The second-order valence-corrected chi connectivity index (χ2v) is 4.73. The van der Waals surface area contributed by atoms with Gasteiger partial charge in [0.25, 0.3) is 0 Å². The van der Waals surface area contributed by atoms with E-state index in [1.807, 2.05) is 24.3 Å². The van der Waals surface area contributed by atoms with Gasteiger partial charge in [0.2, 0.25) is 0 Å². The van der Waals surface area contributed by atoms with Crippen LogP contribution in [0.5, 0.6) is 0 Å². The minimum absolute atomic E-state index is 0.383. The molecule has 2 N–H and O–H groups in total. The fourth-order valence-corrected chi connectivity index (χ4v) is 1.52. The lowest BCUT2D eigenvalue weighted by molar-refractivity contribution is 0.0314. The van der Waals surface area contributed by atoms with Crippen molar-refractivity contribution in [2.45, 2.75) is 20.5 Å². The van der Waals surface area contributed by atoms with Gasteiger partial charge in [-0.2, -0.15) is 0 Å². The van der Waals surface area contributed by atoms with Crippen LogP contribution >= 0.6 is 0 Å². The third-order valence-electron chi connectivity index (χ3n) is 2.35. The maximum Gasteiger partial charge on any atom is 0.0718 e. The molecule has 0 aromatic heterocycles. The summed E-state index contributed by atoms with van der Waals surface area (Å²) < 4.78 is 11.0. The number of benzene rings is 1. The van der Waals surface area contributed by atoms with Gasteiger partial charge in [-0.15, -0.1) is 0 Å². The summed E-state index contributed by atoms with van der Waals surface area (Å²) in [5.74, 6) is 6.42. The van der Waals surface area contributed by atoms with Gasteiger partial charge in [-0.25, -0.2) is 0 Å². The Balaban J connectivity index is 2.25. The summed E-state index contributed by atoms with van der Waals surface area (Å²) >= 11 is 0. The Morgan fingerprint density at radius 1 is 1.21 bits per heavy atom. The smallest absolute Gasteiger partial charge is 0.0718 e. The summed E-state index contributed by atoms with van der Waals surface area (Å²) in [6.45, 7) is 7.28. The Morgan fingerprint density at radius 2 is 2.00 bits per heavy atom. The molecule has 104 valence electrons. The van der Waals surface area contributed by atoms with Crippen LogP contribution in [0.1, 0.15) is 25.0 Å². The Labute approximate surface area is 116 Å². The highest BCUT2D eigenvalue weighted by atomic mass is 16.5. The van der Waals surface area contributed by atoms with Crippen molar-refractivity contribution >= 4 is 0 Å². The number of rotatable bonds is 7. The van der Waals surface area contributed by atoms with Crippen LogP contribution in [0.3, 0.4) is 0 Å². The van der Waals surface area contributed by atoms with Gasteiger partial charge >= 0.3 is 0 Å². The Morgan fingerprint density at radius 3 is 2.74 bits per heavy atom. The zero-order valence-electron chi connectivity index (χ0n) is 11.8. The summed E-state index contributed by atoms with van der Waals surface area (Å²) in [7, 11) is 0. The molecule has 1 aromatic rings. The van der Waals surface area contributed by atoms with Crippen molar-refractivity contribution in [3.05, 3.63) is 35.4 Å². The molecule has 0 spiro atoms. The first-order chi connectivity index (χ1) is 9.22. The lowest BCUT2D eigenvalue weighted by atomic mass is 10.1. The molecule has 0 atom stereocenters. The zero-order valence-corrected chi connectivity index (χ0v) is 11.8. The summed E-state index contributed by atoms with van der Waals surface area (Å²) in [4.78, 5) is 0. The van der Waals surface area contributed by atoms with Gasteiger partial charge in [-0.3, -0.25) is 0 Å². The molecule has 3 heteroatoms. The van der Waals surface area contributed by atoms with Crippen LogP contribution in [0, 0.1) is 17.8 Å². The largest absolute Gasteiger partial charge is 0.379 e. The van der Waals surface area contributed by atoms with E-state index in [0.717, 1.165) is 17.7 Å². The molecule has 0 saturated heterocycles. The average Bonchev–Trinajstić information content (AvgIpc) is 2.40. The molecule has 3 nitrogen and oxygen atoms in total. The van der Waals surface area contributed by atoms with Crippen LogP contribution in [0.4, 0.5) is 0 Å². The first-order valence-corrected chi connectivity index (χ1v) is 6.65. The fraction of sp³-hybridized carbons (Fsp3) is 0.500. The third kappa shape index (κ3) is 7.63. The second kappa shape index (κ2) is 9.57. The van der Waals surface area contributed by atoms with Gasteiger partial charge in [0.15, 0.2) is 0 Å². The van der Waals surface area contributed by atoms with Crippen LogP contribution in [-0.2, 0) is 16.1 Å². The summed E-state index contributed by atoms with van der Waals surface area (Å²) in [6.07, 6.45) is 0. The van der Waals surface area contributed by atoms with Crippen molar-refractivity contribution in [2.75, 3.05) is 26.4 Å². The SMILES string of the molecule is CC(C)COCCOCc1cccc(C#CCN)c1. The topological polar surface area (TPSA) is 44.5 Å². The maximum absolute atomic E-state index is 5.56. The van der Waals surface area contributed by atoms with Crippen molar-refractivity contribution in [2.24, 2.45) is 11.7 Å². The van der Waals surface area contributed by atoms with E-state index >= 15 is 0 Å². The van der Waals surface area contributed by atoms with Crippen LogP contribution in [0.2, 0.25) is 0 Å². The van der Waals surface area contributed by atoms with Crippen molar-refractivity contribution in [1.82, 2.24) is 0 Å². The van der Waals surface area contributed by atoms with E-state index in [1.165, 1.54) is 0 Å². The van der Waals surface area contributed by atoms with E-state index in [-0.39, 0.29) is 0 Å². The Kier molecular flexibility index (Phi) is 7.92. The Bertz CT molecular complexity index is 418. The first kappa shape index (κ1) is 15.7. The lowest BCUT2D eigenvalue weighted by Gasteiger charge is -2.07. The highest BCUT2D eigenvalue weighted by Gasteiger charge is 1.96. The van der Waals surface area contributed by atoms with E-state index < -0.39 is 0 Å². The van der Waals surface area contributed by atoms with Crippen LogP contribution < -0.4 is 5.73 Å². The maximum atomic E-state index is 5.56. The monoisotopic (exact) mass is 261 g/mol. The number of hydrogen-bond donors (Lipinski definition) is 1. The highest BCUT2D eigenvalue weighted by molar-refractivity contribution is 5.37. The number of ether oxygens (including phenoxy) is 2. The molecule has 0 unspecified atom stereocenters. The second-order valence-electron chi connectivity index (χ2n) is 4.73. The van der Waals surface area contributed by atoms with E-state index in [2.05, 4.69) is 25.7 Å². The predicted octanol–water partition coefficient (Wildman–Crippen LogP) is 2.19. The van der Waals surface area contributed by atoms with Gasteiger partial charge in [0.1, 0.15) is 0 Å². The van der Waals surface area contributed by atoms with Crippen LogP contribution in [0.25, 0.3) is 0 Å². The van der Waals surface area contributed by atoms with E-state index in [1.54, 1.807) is 0 Å². The van der Waals surface area contributed by atoms with Gasteiger partial charge in [0, 0.05) is 12.2 Å². The van der Waals surface area contributed by atoms with Crippen molar-refractivity contribution in [3.8, 4) is 11.8 Å². The molecule has 0 aliphatic heterocycles. The quantitative estimate of drug-likeness (QED) is 0.604. The molecule has 0 fully saturated rings. The normalized spacial score (nSPS) is 10.3. The molecule has 0 aliphatic carbocycles. The lowest BCUT2D eigenvalue weighted by Crippen LogP contribution is -2.08. The molecule has 0 amide bonds. The molecule has 0 heterocycles. The number of nitrogens with two attached hydrogens (primary N) is 1. The van der Waals surface area contributed by atoms with Gasteiger partial charge < -0.3 is 15.2 Å². The van der Waals surface area contributed by atoms with E-state index in [4.69, 9.17) is 15.2 Å². The Hall–Kier alpha value is -1.34. The van der Waals surface area contributed by atoms with Gasteiger partial charge in [0.05, 0.1) is 26.4 Å². The minimum Gasteiger partial charge on any atom is -0.379 e. The van der Waals surface area contributed by atoms with Crippen LogP contribution in [-0.4, -0.2) is 26.4 Å². The van der Waals surface area contributed by atoms with Gasteiger partial charge in [-0.05, 0) is 23.6 Å². The standard InChI is InChI=1S/C16H23NO2/c1-14(2)12-18-9-10-19-13-16-6-3-5-15(11-16)7-4-8-17/h3,5-6,11,14H,8-10,12-13,17H2,1-2H3. The molecule has 0 saturated carbocycles. The fourth-order valence-electron chi connectivity index (χ4n) is 1.52. The highest BCUT2D eigenvalue weighted by Crippen LogP contribution is 2.05. The van der Waals surface area contributed by atoms with Crippen molar-refractivity contribution < 1.29 is 9.47 Å². The molecule has 1 rings (SSSR count). The minimum atomic E-state index is 0.383. The first-order valence-electron chi connectivity index (χ1n) is 6.65. The van der Waals surface area contributed by atoms with Crippen LogP contribution in [0.15, 0.2) is 24.3 Å². The molecular weight excluding hydrogens is 238 g/mol. The van der Waals surface area contributed by atoms with E-state index in [9.17, 15) is 0 Å². The average molecular weight is 261 g/mol. The molecular formula is C16H23NO2. The molecule has 0 radical (unpaired) electrons. The molecule has 19 heavy (non-hydrogen) atoms. The third-order valence-corrected chi connectivity index (χ3v) is 2.35. The zero-order chi connectivity index (χ0) is 13.9. The predicted molar refractivity (Wildman–Crippen MR) is 77.7 cm³/mol.